The van der Waals surface area contributed by atoms with Crippen LogP contribution in [0.5, 0.6) is 5.75 Å². The Morgan fingerprint density at radius 3 is 2.68 bits per heavy atom. The SMILES string of the molecule is C=Cc1c(SC(=O)c2ccccc2)cnc(C)c1O. The van der Waals surface area contributed by atoms with Crippen molar-refractivity contribution in [2.24, 2.45) is 0 Å². The molecule has 0 aliphatic carbocycles. The molecule has 0 saturated heterocycles. The van der Waals surface area contributed by atoms with Gasteiger partial charge in [-0.15, -0.1) is 0 Å². The van der Waals surface area contributed by atoms with Crippen molar-refractivity contribution in [3.8, 4) is 5.75 Å². The first-order chi connectivity index (χ1) is 9.13. The number of pyridine rings is 1. The molecular formula is C15H13NO2S. The molecule has 0 saturated carbocycles. The first-order valence-corrected chi connectivity index (χ1v) is 6.53. The van der Waals surface area contributed by atoms with E-state index in [1.165, 1.54) is 6.08 Å². The van der Waals surface area contributed by atoms with Crippen molar-refractivity contribution < 1.29 is 9.90 Å². The Bertz CT molecular complexity index is 624. The molecule has 19 heavy (non-hydrogen) atoms. The van der Waals surface area contributed by atoms with E-state index >= 15 is 0 Å². The summed E-state index contributed by atoms with van der Waals surface area (Å²) in [5, 5.41) is 9.81. The summed E-state index contributed by atoms with van der Waals surface area (Å²) in [6, 6.07) is 8.99. The van der Waals surface area contributed by atoms with Crippen molar-refractivity contribution in [3.05, 3.63) is 59.9 Å². The average Bonchev–Trinajstić information content (AvgIpc) is 2.44. The summed E-state index contributed by atoms with van der Waals surface area (Å²) >= 11 is 1.04. The monoisotopic (exact) mass is 271 g/mol. The fourth-order valence-corrected chi connectivity index (χ4v) is 2.46. The number of carbonyl (C=O) groups excluding carboxylic acids is 1. The molecule has 0 unspecified atom stereocenters. The second kappa shape index (κ2) is 5.71. The zero-order valence-corrected chi connectivity index (χ0v) is 11.3. The summed E-state index contributed by atoms with van der Waals surface area (Å²) in [4.78, 5) is 16.8. The highest BCUT2D eigenvalue weighted by atomic mass is 32.2. The van der Waals surface area contributed by atoms with Crippen LogP contribution in [0, 0.1) is 6.92 Å². The fraction of sp³-hybridized carbons (Fsp3) is 0.0667. The standard InChI is InChI=1S/C15H13NO2S/c1-3-12-13(9-16-10(2)14(12)17)19-15(18)11-7-5-4-6-8-11/h3-9,17H,1H2,2H3. The van der Waals surface area contributed by atoms with E-state index in [4.69, 9.17) is 0 Å². The van der Waals surface area contributed by atoms with Gasteiger partial charge in [0.05, 0.1) is 5.69 Å². The van der Waals surface area contributed by atoms with Crippen molar-refractivity contribution in [1.82, 2.24) is 4.98 Å². The van der Waals surface area contributed by atoms with Crippen molar-refractivity contribution in [3.63, 3.8) is 0 Å². The number of nitrogens with zero attached hydrogens (tertiary/aromatic N) is 1. The first kappa shape index (κ1) is 13.4. The fourth-order valence-electron chi connectivity index (χ4n) is 1.61. The highest BCUT2D eigenvalue weighted by Gasteiger charge is 2.14. The number of aromatic hydroxyl groups is 1. The maximum absolute atomic E-state index is 12.1. The lowest BCUT2D eigenvalue weighted by Gasteiger charge is -2.08. The molecule has 0 spiro atoms. The predicted molar refractivity (Wildman–Crippen MR) is 77.4 cm³/mol. The molecule has 96 valence electrons. The Kier molecular flexibility index (Phi) is 4.02. The van der Waals surface area contributed by atoms with Gasteiger partial charge in [-0.3, -0.25) is 9.78 Å². The lowest BCUT2D eigenvalue weighted by atomic mass is 10.2. The number of benzene rings is 1. The minimum absolute atomic E-state index is 0.0702. The largest absolute Gasteiger partial charge is 0.505 e. The highest BCUT2D eigenvalue weighted by molar-refractivity contribution is 8.14. The van der Waals surface area contributed by atoms with Gasteiger partial charge in [-0.1, -0.05) is 43.0 Å². The van der Waals surface area contributed by atoms with Gasteiger partial charge in [0, 0.05) is 22.2 Å². The third-order valence-electron chi connectivity index (χ3n) is 2.66. The molecule has 1 heterocycles. The van der Waals surface area contributed by atoms with Crippen LogP contribution in [0.4, 0.5) is 0 Å². The molecule has 0 aliphatic rings. The summed E-state index contributed by atoms with van der Waals surface area (Å²) in [5.41, 5.74) is 1.68. The second-order valence-corrected chi connectivity index (χ2v) is 4.94. The Morgan fingerprint density at radius 2 is 2.05 bits per heavy atom. The minimum Gasteiger partial charge on any atom is -0.505 e. The van der Waals surface area contributed by atoms with Crippen molar-refractivity contribution in [2.75, 3.05) is 0 Å². The topological polar surface area (TPSA) is 50.2 Å². The number of carbonyl (C=O) groups is 1. The summed E-state index contributed by atoms with van der Waals surface area (Å²) in [5.74, 6) is 0.0702. The number of hydrogen-bond acceptors (Lipinski definition) is 4. The molecule has 0 fully saturated rings. The van der Waals surface area contributed by atoms with Crippen LogP contribution in [0.3, 0.4) is 0 Å². The van der Waals surface area contributed by atoms with Gasteiger partial charge in [-0.25, -0.2) is 0 Å². The molecule has 0 radical (unpaired) electrons. The summed E-state index contributed by atoms with van der Waals surface area (Å²) in [6.45, 7) is 5.37. The Hall–Kier alpha value is -2.07. The van der Waals surface area contributed by atoms with Crippen LogP contribution >= 0.6 is 11.8 Å². The van der Waals surface area contributed by atoms with Crippen molar-refractivity contribution >= 4 is 23.0 Å². The van der Waals surface area contributed by atoms with Gasteiger partial charge in [0.2, 0.25) is 5.12 Å². The molecule has 0 aliphatic heterocycles. The van der Waals surface area contributed by atoms with Gasteiger partial charge < -0.3 is 5.11 Å². The second-order valence-electron chi connectivity index (χ2n) is 3.93. The molecule has 1 N–H and O–H groups in total. The van der Waals surface area contributed by atoms with Gasteiger partial charge in [0.15, 0.2) is 0 Å². The molecule has 2 aromatic rings. The highest BCUT2D eigenvalue weighted by Crippen LogP contribution is 2.33. The number of thioether (sulfide) groups is 1. The summed E-state index contributed by atoms with van der Waals surface area (Å²) in [6.07, 6.45) is 3.11. The van der Waals surface area contributed by atoms with Crippen LogP contribution < -0.4 is 0 Å². The Balaban J connectivity index is 2.32. The molecule has 1 aromatic heterocycles. The predicted octanol–water partition coefficient (Wildman–Crippen LogP) is 3.67. The third-order valence-corrected chi connectivity index (χ3v) is 3.62. The molecule has 3 nitrogen and oxygen atoms in total. The maximum atomic E-state index is 12.1. The van der Waals surface area contributed by atoms with Gasteiger partial charge >= 0.3 is 0 Å². The number of rotatable bonds is 3. The smallest absolute Gasteiger partial charge is 0.224 e. The summed E-state index contributed by atoms with van der Waals surface area (Å²) < 4.78 is 0. The van der Waals surface area contributed by atoms with E-state index in [-0.39, 0.29) is 10.9 Å². The molecule has 0 amide bonds. The van der Waals surface area contributed by atoms with E-state index in [1.54, 1.807) is 25.3 Å². The lowest BCUT2D eigenvalue weighted by Crippen LogP contribution is -1.95. The molecular weight excluding hydrogens is 258 g/mol. The maximum Gasteiger partial charge on any atom is 0.224 e. The van der Waals surface area contributed by atoms with Crippen LogP contribution in [-0.4, -0.2) is 15.2 Å². The molecule has 0 bridgehead atoms. The third kappa shape index (κ3) is 2.85. The average molecular weight is 271 g/mol. The van der Waals surface area contributed by atoms with Crippen LogP contribution in [0.2, 0.25) is 0 Å². The van der Waals surface area contributed by atoms with Crippen LogP contribution in [0.1, 0.15) is 21.6 Å². The van der Waals surface area contributed by atoms with Crippen molar-refractivity contribution in [2.45, 2.75) is 11.8 Å². The van der Waals surface area contributed by atoms with Crippen LogP contribution in [0.15, 0.2) is 48.0 Å². The normalized spacial score (nSPS) is 10.2. The van der Waals surface area contributed by atoms with Gasteiger partial charge in [-0.05, 0) is 18.7 Å². The lowest BCUT2D eigenvalue weighted by molar-refractivity contribution is 0.108. The van der Waals surface area contributed by atoms with E-state index in [0.29, 0.717) is 21.7 Å². The van der Waals surface area contributed by atoms with Gasteiger partial charge in [-0.2, -0.15) is 0 Å². The molecule has 1 aromatic carbocycles. The Morgan fingerprint density at radius 1 is 1.37 bits per heavy atom. The van der Waals surface area contributed by atoms with Crippen LogP contribution in [-0.2, 0) is 0 Å². The minimum atomic E-state index is -0.0891. The quantitative estimate of drug-likeness (QED) is 0.865. The van der Waals surface area contributed by atoms with E-state index in [9.17, 15) is 9.90 Å². The van der Waals surface area contributed by atoms with E-state index < -0.39 is 0 Å². The van der Waals surface area contributed by atoms with E-state index in [2.05, 4.69) is 11.6 Å². The van der Waals surface area contributed by atoms with Crippen LogP contribution in [0.25, 0.3) is 6.08 Å². The summed E-state index contributed by atoms with van der Waals surface area (Å²) in [7, 11) is 0. The van der Waals surface area contributed by atoms with Crippen molar-refractivity contribution in [1.29, 1.82) is 0 Å². The zero-order valence-electron chi connectivity index (χ0n) is 10.5. The van der Waals surface area contributed by atoms with E-state index in [1.807, 2.05) is 18.2 Å². The zero-order chi connectivity index (χ0) is 13.8. The first-order valence-electron chi connectivity index (χ1n) is 5.71. The van der Waals surface area contributed by atoms with Gasteiger partial charge in [0.25, 0.3) is 0 Å². The number of aromatic nitrogens is 1. The molecule has 0 atom stereocenters. The number of aryl methyl sites for hydroxylation is 1. The molecule has 4 heteroatoms. The van der Waals surface area contributed by atoms with Gasteiger partial charge in [0.1, 0.15) is 5.75 Å². The number of hydrogen-bond donors (Lipinski definition) is 1. The Labute approximate surface area is 116 Å². The molecule has 2 rings (SSSR count). The van der Waals surface area contributed by atoms with E-state index in [0.717, 1.165) is 11.8 Å².